The Bertz CT molecular complexity index is 444. The molecule has 0 aliphatic rings. The lowest BCUT2D eigenvalue weighted by Crippen LogP contribution is -2.20. The number of rotatable bonds is 4. The van der Waals surface area contributed by atoms with E-state index in [9.17, 15) is 10.1 Å². The highest BCUT2D eigenvalue weighted by molar-refractivity contribution is 5.60. The second-order valence-electron chi connectivity index (χ2n) is 6.03. The smallest absolute Gasteiger partial charge is 0.334 e. The lowest BCUT2D eigenvalue weighted by Gasteiger charge is -2.19. The Labute approximate surface area is 108 Å². The predicted molar refractivity (Wildman–Crippen MR) is 71.9 cm³/mol. The van der Waals surface area contributed by atoms with Crippen LogP contribution >= 0.6 is 0 Å². The molecule has 6 nitrogen and oxygen atoms in total. The van der Waals surface area contributed by atoms with Crippen LogP contribution < -0.4 is 5.32 Å². The zero-order valence-electron chi connectivity index (χ0n) is 11.9. The van der Waals surface area contributed by atoms with Gasteiger partial charge in [-0.25, -0.2) is 4.68 Å². The summed E-state index contributed by atoms with van der Waals surface area (Å²) in [5, 5.41) is 18.6. The molecular formula is C12H22N4O2. The Balaban J connectivity index is 3.14. The summed E-state index contributed by atoms with van der Waals surface area (Å²) in [5.41, 5.74) is 0.673. The standard InChI is InChI=1S/C12H22N4O2/c1-8(2)9-10(16(17)18)11(15(6)14-9)13-7-12(3,4)5/h8,13H,7H2,1-6H3. The van der Waals surface area contributed by atoms with Crippen molar-refractivity contribution in [3.05, 3.63) is 15.8 Å². The van der Waals surface area contributed by atoms with Crippen LogP contribution in [-0.2, 0) is 7.05 Å². The second kappa shape index (κ2) is 4.96. The van der Waals surface area contributed by atoms with Gasteiger partial charge < -0.3 is 5.32 Å². The highest BCUT2D eigenvalue weighted by Gasteiger charge is 2.28. The predicted octanol–water partition coefficient (Wildman–Crippen LogP) is 2.91. The number of nitrogens with zero attached hydrogens (tertiary/aromatic N) is 3. The highest BCUT2D eigenvalue weighted by atomic mass is 16.6. The van der Waals surface area contributed by atoms with E-state index in [1.165, 1.54) is 0 Å². The van der Waals surface area contributed by atoms with E-state index < -0.39 is 0 Å². The van der Waals surface area contributed by atoms with Crippen molar-refractivity contribution in [3.8, 4) is 0 Å². The van der Waals surface area contributed by atoms with Crippen LogP contribution in [0.3, 0.4) is 0 Å². The first-order valence-corrected chi connectivity index (χ1v) is 6.08. The van der Waals surface area contributed by atoms with Crippen LogP contribution in [0.1, 0.15) is 46.2 Å². The average molecular weight is 254 g/mol. The third kappa shape index (κ3) is 3.21. The molecule has 0 amide bonds. The van der Waals surface area contributed by atoms with E-state index in [0.29, 0.717) is 18.1 Å². The van der Waals surface area contributed by atoms with Crippen molar-refractivity contribution >= 4 is 11.5 Å². The fourth-order valence-corrected chi connectivity index (χ4v) is 1.65. The van der Waals surface area contributed by atoms with Gasteiger partial charge >= 0.3 is 5.69 Å². The summed E-state index contributed by atoms with van der Waals surface area (Å²) in [6.07, 6.45) is 0. The minimum atomic E-state index is -0.354. The van der Waals surface area contributed by atoms with Gasteiger partial charge in [-0.05, 0) is 5.41 Å². The van der Waals surface area contributed by atoms with Crippen molar-refractivity contribution in [2.75, 3.05) is 11.9 Å². The third-order valence-electron chi connectivity index (χ3n) is 2.56. The van der Waals surface area contributed by atoms with Gasteiger partial charge in [-0.15, -0.1) is 0 Å². The van der Waals surface area contributed by atoms with Gasteiger partial charge in [-0.2, -0.15) is 5.10 Å². The zero-order valence-corrected chi connectivity index (χ0v) is 11.9. The number of hydrogen-bond acceptors (Lipinski definition) is 4. The van der Waals surface area contributed by atoms with E-state index in [1.54, 1.807) is 11.7 Å². The number of aromatic nitrogens is 2. The second-order valence-corrected chi connectivity index (χ2v) is 6.03. The van der Waals surface area contributed by atoms with E-state index in [-0.39, 0.29) is 21.9 Å². The van der Waals surface area contributed by atoms with Crippen molar-refractivity contribution in [1.82, 2.24) is 9.78 Å². The first-order valence-electron chi connectivity index (χ1n) is 6.08. The van der Waals surface area contributed by atoms with Crippen molar-refractivity contribution < 1.29 is 4.92 Å². The molecular weight excluding hydrogens is 232 g/mol. The van der Waals surface area contributed by atoms with Crippen LogP contribution in [0.25, 0.3) is 0 Å². The van der Waals surface area contributed by atoms with E-state index in [2.05, 4.69) is 31.2 Å². The summed E-state index contributed by atoms with van der Waals surface area (Å²) in [7, 11) is 1.73. The number of nitro groups is 1. The van der Waals surface area contributed by atoms with Gasteiger partial charge in [0.2, 0.25) is 5.82 Å². The minimum Gasteiger partial charge on any atom is -0.364 e. The third-order valence-corrected chi connectivity index (χ3v) is 2.56. The summed E-state index contributed by atoms with van der Waals surface area (Å²) < 4.78 is 1.55. The van der Waals surface area contributed by atoms with Gasteiger partial charge in [-0.1, -0.05) is 34.6 Å². The maximum atomic E-state index is 11.2. The van der Waals surface area contributed by atoms with Crippen LogP contribution in [0.4, 0.5) is 11.5 Å². The fraction of sp³-hybridized carbons (Fsp3) is 0.750. The van der Waals surface area contributed by atoms with Gasteiger partial charge in [0.25, 0.3) is 0 Å². The Morgan fingerprint density at radius 1 is 1.44 bits per heavy atom. The van der Waals surface area contributed by atoms with Crippen LogP contribution in [0.5, 0.6) is 0 Å². The molecule has 0 unspecified atom stereocenters. The molecule has 0 bridgehead atoms. The molecule has 0 atom stereocenters. The van der Waals surface area contributed by atoms with E-state index in [1.807, 2.05) is 13.8 Å². The lowest BCUT2D eigenvalue weighted by atomic mass is 9.97. The van der Waals surface area contributed by atoms with Gasteiger partial charge in [0.1, 0.15) is 5.69 Å². The monoisotopic (exact) mass is 254 g/mol. The van der Waals surface area contributed by atoms with E-state index in [0.717, 1.165) is 0 Å². The molecule has 18 heavy (non-hydrogen) atoms. The molecule has 102 valence electrons. The van der Waals surface area contributed by atoms with Crippen molar-refractivity contribution in [2.24, 2.45) is 12.5 Å². The number of hydrogen-bond donors (Lipinski definition) is 1. The van der Waals surface area contributed by atoms with Crippen LogP contribution in [0.15, 0.2) is 0 Å². The molecule has 0 spiro atoms. The molecule has 0 aromatic carbocycles. The van der Waals surface area contributed by atoms with Gasteiger partial charge in [0.15, 0.2) is 0 Å². The van der Waals surface area contributed by atoms with Crippen molar-refractivity contribution in [2.45, 2.75) is 40.5 Å². The van der Waals surface area contributed by atoms with Crippen LogP contribution in [0, 0.1) is 15.5 Å². The molecule has 1 aromatic heterocycles. The molecule has 1 aromatic rings. The number of aryl methyl sites for hydroxylation is 1. The van der Waals surface area contributed by atoms with E-state index in [4.69, 9.17) is 0 Å². The summed E-state index contributed by atoms with van der Waals surface area (Å²) in [6.45, 7) is 10.7. The average Bonchev–Trinajstić information content (AvgIpc) is 2.51. The van der Waals surface area contributed by atoms with Gasteiger partial charge in [0, 0.05) is 19.5 Å². The first kappa shape index (κ1) is 14.5. The maximum Gasteiger partial charge on any atom is 0.334 e. The summed E-state index contributed by atoms with van der Waals surface area (Å²) >= 11 is 0. The molecule has 1 rings (SSSR count). The number of nitrogens with one attached hydrogen (secondary N) is 1. The summed E-state index contributed by atoms with van der Waals surface area (Å²) in [5.74, 6) is 0.514. The van der Waals surface area contributed by atoms with Gasteiger partial charge in [0.05, 0.1) is 4.92 Å². The number of anilines is 1. The summed E-state index contributed by atoms with van der Waals surface area (Å²) in [6, 6.07) is 0. The Morgan fingerprint density at radius 3 is 2.39 bits per heavy atom. The Kier molecular flexibility index (Phi) is 3.98. The minimum absolute atomic E-state index is 0.0294. The molecule has 0 aliphatic heterocycles. The van der Waals surface area contributed by atoms with E-state index >= 15 is 0 Å². The van der Waals surface area contributed by atoms with Crippen LogP contribution in [0.2, 0.25) is 0 Å². The quantitative estimate of drug-likeness (QED) is 0.662. The molecule has 1 N–H and O–H groups in total. The zero-order chi connectivity index (χ0) is 14.1. The lowest BCUT2D eigenvalue weighted by molar-refractivity contribution is -0.384. The molecule has 0 saturated heterocycles. The van der Waals surface area contributed by atoms with Crippen LogP contribution in [-0.4, -0.2) is 21.2 Å². The highest BCUT2D eigenvalue weighted by Crippen LogP contribution is 2.33. The molecule has 6 heteroatoms. The molecule has 0 aliphatic carbocycles. The molecule has 0 saturated carbocycles. The topological polar surface area (TPSA) is 73.0 Å². The first-order chi connectivity index (χ1) is 8.13. The summed E-state index contributed by atoms with van der Waals surface area (Å²) in [4.78, 5) is 10.8. The van der Waals surface area contributed by atoms with Crippen molar-refractivity contribution in [3.63, 3.8) is 0 Å². The van der Waals surface area contributed by atoms with Gasteiger partial charge in [-0.3, -0.25) is 10.1 Å². The SMILES string of the molecule is CC(C)c1nn(C)c(NCC(C)(C)C)c1[N+](=O)[O-]. The Hall–Kier alpha value is -1.59. The fourth-order valence-electron chi connectivity index (χ4n) is 1.65. The normalized spacial score (nSPS) is 11.9. The molecule has 0 fully saturated rings. The Morgan fingerprint density at radius 2 is 2.00 bits per heavy atom. The maximum absolute atomic E-state index is 11.2. The largest absolute Gasteiger partial charge is 0.364 e. The molecule has 0 radical (unpaired) electrons. The van der Waals surface area contributed by atoms with Crippen molar-refractivity contribution in [1.29, 1.82) is 0 Å². The molecule has 1 heterocycles.